The van der Waals surface area contributed by atoms with Gasteiger partial charge < -0.3 is 41.7 Å². The molecular formula is C68H81N5O16S5. The molecule has 2 aliphatic heterocycles. The van der Waals surface area contributed by atoms with Crippen LogP contribution in [0.1, 0.15) is 136 Å². The Morgan fingerprint density at radius 3 is 1.36 bits per heavy atom. The van der Waals surface area contributed by atoms with Crippen LogP contribution in [0.5, 0.6) is 5.75 Å². The lowest BCUT2D eigenvalue weighted by molar-refractivity contribution is -0.138. The number of unbranched alkanes of at least 4 members (excludes halogenated alkanes) is 2. The predicted octanol–water partition coefficient (Wildman–Crippen LogP) is 8.17. The summed E-state index contributed by atoms with van der Waals surface area (Å²) in [6.07, 6.45) is -0.852. The number of aliphatic hydroxyl groups is 2. The molecule has 2 aliphatic rings. The molecule has 0 spiro atoms. The van der Waals surface area contributed by atoms with Crippen molar-refractivity contribution >= 4 is 82.9 Å². The highest BCUT2D eigenvalue weighted by atomic mass is 32.2. The summed E-state index contributed by atoms with van der Waals surface area (Å²) >= 11 is 2.03. The highest BCUT2D eigenvalue weighted by molar-refractivity contribution is 8.00. The summed E-state index contributed by atoms with van der Waals surface area (Å²) in [6.45, 7) is 6.25. The van der Waals surface area contributed by atoms with E-state index in [0.29, 0.717) is 52.2 Å². The van der Waals surface area contributed by atoms with Crippen LogP contribution in [-0.2, 0) is 53.8 Å². The summed E-state index contributed by atoms with van der Waals surface area (Å²) < 4.78 is 98.4. The van der Waals surface area contributed by atoms with Crippen LogP contribution in [0.25, 0.3) is 0 Å². The van der Waals surface area contributed by atoms with Gasteiger partial charge in [0, 0.05) is 39.0 Å². The number of carboxylic acid groups (broad SMARTS) is 1. The highest BCUT2D eigenvalue weighted by Crippen LogP contribution is 2.56. The zero-order chi connectivity index (χ0) is 68.2. The Hall–Kier alpha value is -7.14. The first-order valence-electron chi connectivity index (χ1n) is 31.1. The van der Waals surface area contributed by atoms with Crippen molar-refractivity contribution in [2.24, 2.45) is 10.8 Å². The molecular weight excluding hydrogens is 1300 g/mol. The third kappa shape index (κ3) is 16.4. The van der Waals surface area contributed by atoms with E-state index >= 15 is 16.8 Å². The lowest BCUT2D eigenvalue weighted by Gasteiger charge is -2.49. The number of amides is 4. The minimum absolute atomic E-state index is 0.0235. The van der Waals surface area contributed by atoms with Gasteiger partial charge in [0.2, 0.25) is 23.6 Å². The number of aliphatic carboxylic acids is 1. The number of rotatable bonds is 29. The zero-order valence-electron chi connectivity index (χ0n) is 52.5. The number of hydrogen-bond acceptors (Lipinski definition) is 17. The fraction of sp³-hybridized carbons (Fsp3) is 0.397. The van der Waals surface area contributed by atoms with Gasteiger partial charge in [0.25, 0.3) is 10.1 Å². The molecule has 0 bridgehead atoms. The molecule has 2 heterocycles. The average molecular weight is 1380 g/mol. The first-order chi connectivity index (χ1) is 44.8. The van der Waals surface area contributed by atoms with Gasteiger partial charge in [-0.2, -0.15) is 8.42 Å². The maximum absolute atomic E-state index is 16.6. The van der Waals surface area contributed by atoms with E-state index in [4.69, 9.17) is 0 Å². The van der Waals surface area contributed by atoms with Crippen molar-refractivity contribution in [2.75, 3.05) is 30.3 Å². The maximum Gasteiger partial charge on any atom is 0.322 e. The number of phenols is 1. The van der Waals surface area contributed by atoms with E-state index in [0.717, 1.165) is 23.5 Å². The first-order valence-corrected chi connectivity index (χ1v) is 37.8. The van der Waals surface area contributed by atoms with Crippen molar-refractivity contribution in [3.63, 3.8) is 0 Å². The number of hydrogen-bond donors (Lipinski definition) is 10. The van der Waals surface area contributed by atoms with Gasteiger partial charge in [0.05, 0.1) is 39.3 Å². The summed E-state index contributed by atoms with van der Waals surface area (Å²) in [5.74, 6) is -7.81. The Balaban J connectivity index is 1.22. The van der Waals surface area contributed by atoms with Crippen molar-refractivity contribution in [2.45, 2.75) is 146 Å². The third-order valence-electron chi connectivity index (χ3n) is 18.0. The second kappa shape index (κ2) is 31.6. The quantitative estimate of drug-likeness (QED) is 0.0156. The van der Waals surface area contributed by atoms with Crippen molar-refractivity contribution < 1.29 is 74.2 Å². The molecule has 0 aromatic heterocycles. The van der Waals surface area contributed by atoms with Crippen LogP contribution in [0.4, 0.5) is 0 Å². The fourth-order valence-corrected chi connectivity index (χ4v) is 19.8. The molecule has 0 aliphatic carbocycles. The molecule has 94 heavy (non-hydrogen) atoms. The van der Waals surface area contributed by atoms with Gasteiger partial charge in [-0.05, 0) is 108 Å². The summed E-state index contributed by atoms with van der Waals surface area (Å²) in [5.41, 5.74) is -1.19. The fourth-order valence-electron chi connectivity index (χ4n) is 13.1. The van der Waals surface area contributed by atoms with Gasteiger partial charge in [-0.15, -0.1) is 23.5 Å². The number of carbonyl (C=O) groups is 5. The van der Waals surface area contributed by atoms with Gasteiger partial charge in [0.1, 0.15) is 35.1 Å². The van der Waals surface area contributed by atoms with Crippen LogP contribution < -0.4 is 26.6 Å². The average Bonchev–Trinajstić information content (AvgIpc) is 1.53. The zero-order valence-corrected chi connectivity index (χ0v) is 56.6. The number of nitrogens with one attached hydrogen (secondary N) is 5. The number of aliphatic hydroxyl groups excluding tert-OH is 2. The Labute approximate surface area is 557 Å². The number of benzene rings is 6. The summed E-state index contributed by atoms with van der Waals surface area (Å²) in [6, 6.07) is 37.8. The van der Waals surface area contributed by atoms with Crippen LogP contribution in [0.3, 0.4) is 0 Å². The van der Waals surface area contributed by atoms with Crippen LogP contribution in [-0.4, -0.2) is 133 Å². The SMILES string of the molecule is CCCCC1(CC)C(O)C(c2ccccc2)c2cc(SCC(=O)N[C@@H](C(=O)NCCS(=O)(=O)O)c3ccc(O)cc3)ccc2S(=O)(=O)C1NC1C(CC)(CCCC)C(O)C(c2ccccc2)c2cc(SCC(=O)N[C@@H](C(=O)NCC(=O)O)c3ccccc3)ccc2S1(=O)=O. The Morgan fingerprint density at radius 1 is 0.564 bits per heavy atom. The van der Waals surface area contributed by atoms with E-state index in [9.17, 15) is 57.4 Å². The molecule has 4 amide bonds. The van der Waals surface area contributed by atoms with E-state index < -0.39 is 136 Å². The minimum atomic E-state index is -4.84. The second-order valence-corrected chi connectivity index (χ2v) is 31.4. The molecule has 0 saturated heterocycles. The van der Waals surface area contributed by atoms with Gasteiger partial charge in [-0.1, -0.05) is 157 Å². The summed E-state index contributed by atoms with van der Waals surface area (Å²) in [7, 11) is -14.1. The number of carboxylic acids is 1. The number of thioether (sulfide) groups is 2. The van der Waals surface area contributed by atoms with E-state index in [1.54, 1.807) is 117 Å². The molecule has 8 unspecified atom stereocenters. The number of sulfone groups is 2. The molecule has 6 aromatic carbocycles. The Kier molecular flexibility index (Phi) is 24.4. The molecule has 10 atom stereocenters. The van der Waals surface area contributed by atoms with E-state index in [-0.39, 0.29) is 69.4 Å². The van der Waals surface area contributed by atoms with Crippen molar-refractivity contribution in [3.8, 4) is 5.75 Å². The van der Waals surface area contributed by atoms with Crippen LogP contribution in [0, 0.1) is 10.8 Å². The molecule has 10 N–H and O–H groups in total. The molecule has 504 valence electrons. The molecule has 0 fully saturated rings. The lowest BCUT2D eigenvalue weighted by Crippen LogP contribution is -2.64. The van der Waals surface area contributed by atoms with E-state index in [2.05, 4.69) is 26.6 Å². The van der Waals surface area contributed by atoms with Gasteiger partial charge in [0.15, 0.2) is 19.7 Å². The monoisotopic (exact) mass is 1380 g/mol. The minimum Gasteiger partial charge on any atom is -0.508 e. The van der Waals surface area contributed by atoms with Gasteiger partial charge >= 0.3 is 5.97 Å². The second-order valence-electron chi connectivity index (χ2n) is 23.7. The smallest absolute Gasteiger partial charge is 0.322 e. The highest BCUT2D eigenvalue weighted by Gasteiger charge is 2.62. The number of phenolic OH excluding ortho intramolecular Hbond substituents is 1. The van der Waals surface area contributed by atoms with Crippen LogP contribution in [0.2, 0.25) is 0 Å². The van der Waals surface area contributed by atoms with E-state index in [1.807, 2.05) is 13.8 Å². The largest absolute Gasteiger partial charge is 0.508 e. The van der Waals surface area contributed by atoms with Crippen molar-refractivity contribution in [1.29, 1.82) is 0 Å². The lowest BCUT2D eigenvalue weighted by atomic mass is 9.66. The first kappa shape index (κ1) is 72.7. The van der Waals surface area contributed by atoms with Crippen molar-refractivity contribution in [3.05, 3.63) is 185 Å². The molecule has 26 heteroatoms. The predicted molar refractivity (Wildman–Crippen MR) is 359 cm³/mol. The molecule has 6 aromatic rings. The number of fused-ring (bicyclic) bond motifs is 2. The molecule has 0 saturated carbocycles. The van der Waals surface area contributed by atoms with Gasteiger partial charge in [-0.25, -0.2) is 16.8 Å². The molecule has 8 rings (SSSR count). The number of aromatic hydroxyl groups is 1. The summed E-state index contributed by atoms with van der Waals surface area (Å²) in [4.78, 5) is 66.3. The Morgan fingerprint density at radius 2 is 0.968 bits per heavy atom. The summed E-state index contributed by atoms with van der Waals surface area (Å²) in [5, 5.41) is 56.4. The normalized spacial score (nSPS) is 22.8. The standard InChI is InChI=1S/C68H81N5O16S5/c1-5-9-34-67(7-3)61(79)57(43-20-14-11-15-21-43)50-38-48(90-41-54(75)71-59(45-24-18-13-19-25-45)64(82)70-40-56(77)78)30-32-52(50)93(86,87)65(67)73-66-68(8-4,35-10-6-2)62(80)58(44-22-16-12-17-23-44)51-39-49(31-33-53(51)94(66,88)89)91-42-55(76)72-60(46-26-28-47(74)29-27-46)63(81)69-36-37-92(83,84)85/h11-33,38-39,57-62,65-66,73-74,79-80H,5-10,34-37,40-42H2,1-4H3,(H,69,81)(H,70,82)(H,71,75)(H,72,76)(H,77,78)(H,83,84,85)/t57?,58?,59-,60-,61?,62?,65?,66?,67?,68?/m1/s1. The van der Waals surface area contributed by atoms with Crippen LogP contribution >= 0.6 is 23.5 Å². The topological polar surface area (TPSA) is 349 Å². The van der Waals surface area contributed by atoms with Crippen molar-refractivity contribution in [1.82, 2.24) is 26.6 Å². The molecule has 21 nitrogen and oxygen atoms in total. The Bertz CT molecular complexity index is 4010. The van der Waals surface area contributed by atoms with E-state index in [1.165, 1.54) is 48.5 Å². The third-order valence-corrected chi connectivity index (χ3v) is 25.1. The van der Waals surface area contributed by atoms with Crippen LogP contribution in [0.15, 0.2) is 171 Å². The number of carbonyl (C=O) groups excluding carboxylic acids is 4. The maximum atomic E-state index is 16.6. The van der Waals surface area contributed by atoms with Gasteiger partial charge in [-0.3, -0.25) is 33.8 Å². The molecule has 0 radical (unpaired) electrons.